The van der Waals surface area contributed by atoms with Crippen LogP contribution in [0.2, 0.25) is 0 Å². The summed E-state index contributed by atoms with van der Waals surface area (Å²) in [7, 11) is 0. The molecule has 0 radical (unpaired) electrons. The minimum Gasteiger partial charge on any atom is -0.318 e. The lowest BCUT2D eigenvalue weighted by Gasteiger charge is -2.15. The number of aromatic nitrogens is 1. The first kappa shape index (κ1) is 13.2. The highest BCUT2D eigenvalue weighted by atomic mass is 32.1. The monoisotopic (exact) mass is 260 g/mol. The Balaban J connectivity index is 2.29. The highest BCUT2D eigenvalue weighted by Gasteiger charge is 2.20. The predicted molar refractivity (Wildman–Crippen MR) is 78.0 cm³/mol. The van der Waals surface area contributed by atoms with E-state index in [-0.39, 0.29) is 11.5 Å². The fraction of sp³-hybridized carbons (Fsp3) is 0.400. The van der Waals surface area contributed by atoms with E-state index < -0.39 is 0 Å². The van der Waals surface area contributed by atoms with Crippen molar-refractivity contribution in [3.63, 3.8) is 0 Å². The first-order valence-corrected chi connectivity index (χ1v) is 7.04. The molecule has 2 N–H and O–H groups in total. The van der Waals surface area contributed by atoms with E-state index in [9.17, 15) is 0 Å². The highest BCUT2D eigenvalue weighted by Crippen LogP contribution is 2.28. The Kier molecular flexibility index (Phi) is 3.55. The largest absolute Gasteiger partial charge is 0.318 e. The van der Waals surface area contributed by atoms with Gasteiger partial charge in [-0.05, 0) is 12.5 Å². The Morgan fingerprint density at radius 1 is 1.28 bits per heavy atom. The van der Waals surface area contributed by atoms with Gasteiger partial charge in [0, 0.05) is 10.8 Å². The molecule has 1 aromatic heterocycles. The van der Waals surface area contributed by atoms with Crippen molar-refractivity contribution in [2.75, 3.05) is 0 Å². The maximum atomic E-state index is 6.29. The summed E-state index contributed by atoms with van der Waals surface area (Å²) in [5.74, 6) is 0. The third-order valence-corrected chi connectivity index (χ3v) is 3.89. The van der Waals surface area contributed by atoms with E-state index in [1.165, 1.54) is 5.56 Å². The van der Waals surface area contributed by atoms with Crippen molar-refractivity contribution < 1.29 is 0 Å². The van der Waals surface area contributed by atoms with Gasteiger partial charge in [-0.2, -0.15) is 0 Å². The van der Waals surface area contributed by atoms with Gasteiger partial charge in [-0.3, -0.25) is 0 Å². The third kappa shape index (κ3) is 2.79. The Morgan fingerprint density at radius 2 is 2.00 bits per heavy atom. The number of benzene rings is 1. The van der Waals surface area contributed by atoms with Crippen LogP contribution in [0.5, 0.6) is 0 Å². The fourth-order valence-corrected chi connectivity index (χ4v) is 2.85. The standard InChI is InChI=1S/C15H20N2S/c1-10-6-5-7-11(8-10)13(16)14-17-12(9-18-14)15(2,3)4/h5-9,13H,16H2,1-4H3. The van der Waals surface area contributed by atoms with Crippen LogP contribution in [-0.2, 0) is 5.41 Å². The maximum Gasteiger partial charge on any atom is 0.114 e. The van der Waals surface area contributed by atoms with Crippen molar-refractivity contribution in [2.24, 2.45) is 5.73 Å². The second-order valence-corrected chi connectivity index (χ2v) is 6.60. The molecule has 0 saturated heterocycles. The van der Waals surface area contributed by atoms with Crippen LogP contribution in [0.25, 0.3) is 0 Å². The zero-order valence-electron chi connectivity index (χ0n) is 11.4. The Labute approximate surface area is 113 Å². The zero-order chi connectivity index (χ0) is 13.3. The molecule has 0 spiro atoms. The zero-order valence-corrected chi connectivity index (χ0v) is 12.2. The van der Waals surface area contributed by atoms with E-state index in [0.29, 0.717) is 0 Å². The molecule has 0 aliphatic heterocycles. The first-order chi connectivity index (χ1) is 8.38. The summed E-state index contributed by atoms with van der Waals surface area (Å²) in [6, 6.07) is 8.20. The molecule has 0 amide bonds. The highest BCUT2D eigenvalue weighted by molar-refractivity contribution is 7.09. The summed E-state index contributed by atoms with van der Waals surface area (Å²) in [4.78, 5) is 4.68. The Morgan fingerprint density at radius 3 is 2.56 bits per heavy atom. The number of rotatable bonds is 2. The molecular formula is C15H20N2S. The molecule has 2 aromatic rings. The Bertz CT molecular complexity index is 537. The smallest absolute Gasteiger partial charge is 0.114 e. The van der Waals surface area contributed by atoms with Gasteiger partial charge in [-0.1, -0.05) is 50.6 Å². The molecule has 0 fully saturated rings. The van der Waals surface area contributed by atoms with Crippen LogP contribution in [0.1, 0.15) is 48.6 Å². The lowest BCUT2D eigenvalue weighted by atomic mass is 9.93. The topological polar surface area (TPSA) is 38.9 Å². The van der Waals surface area contributed by atoms with E-state index in [0.717, 1.165) is 16.3 Å². The van der Waals surface area contributed by atoms with E-state index >= 15 is 0 Å². The number of hydrogen-bond acceptors (Lipinski definition) is 3. The summed E-state index contributed by atoms with van der Waals surface area (Å²) in [5, 5.41) is 3.11. The molecule has 96 valence electrons. The normalized spacial score (nSPS) is 13.6. The Hall–Kier alpha value is -1.19. The molecule has 0 bridgehead atoms. The van der Waals surface area contributed by atoms with Crippen molar-refractivity contribution in [2.45, 2.75) is 39.2 Å². The van der Waals surface area contributed by atoms with Gasteiger partial charge >= 0.3 is 0 Å². The van der Waals surface area contributed by atoms with Crippen molar-refractivity contribution in [1.29, 1.82) is 0 Å². The van der Waals surface area contributed by atoms with Gasteiger partial charge in [0.2, 0.25) is 0 Å². The lowest BCUT2D eigenvalue weighted by Crippen LogP contribution is -2.15. The molecule has 1 atom stereocenters. The molecule has 3 heteroatoms. The SMILES string of the molecule is Cc1cccc(C(N)c2nc(C(C)(C)C)cs2)c1. The molecule has 18 heavy (non-hydrogen) atoms. The van der Waals surface area contributed by atoms with Gasteiger partial charge in [0.15, 0.2) is 0 Å². The average Bonchev–Trinajstić information content (AvgIpc) is 2.77. The van der Waals surface area contributed by atoms with Crippen molar-refractivity contribution >= 4 is 11.3 Å². The number of hydrogen-bond donors (Lipinski definition) is 1. The quantitative estimate of drug-likeness (QED) is 0.892. The summed E-state index contributed by atoms with van der Waals surface area (Å²) >= 11 is 1.65. The van der Waals surface area contributed by atoms with Crippen LogP contribution in [0.15, 0.2) is 29.6 Å². The van der Waals surface area contributed by atoms with Crippen molar-refractivity contribution in [1.82, 2.24) is 4.98 Å². The van der Waals surface area contributed by atoms with Crippen molar-refractivity contribution in [3.8, 4) is 0 Å². The molecule has 0 aliphatic carbocycles. The molecule has 2 nitrogen and oxygen atoms in total. The lowest BCUT2D eigenvalue weighted by molar-refractivity contribution is 0.569. The summed E-state index contributed by atoms with van der Waals surface area (Å²) in [6.07, 6.45) is 0. The third-order valence-electron chi connectivity index (χ3n) is 2.96. The summed E-state index contributed by atoms with van der Waals surface area (Å²) in [6.45, 7) is 8.59. The first-order valence-electron chi connectivity index (χ1n) is 6.16. The molecule has 0 saturated carbocycles. The second kappa shape index (κ2) is 4.82. The summed E-state index contributed by atoms with van der Waals surface area (Å²) < 4.78 is 0. The van der Waals surface area contributed by atoms with Crippen molar-refractivity contribution in [3.05, 3.63) is 51.5 Å². The van der Waals surface area contributed by atoms with Crippen LogP contribution < -0.4 is 5.73 Å². The number of nitrogens with two attached hydrogens (primary N) is 1. The fourth-order valence-electron chi connectivity index (χ4n) is 1.78. The van der Waals surface area contributed by atoms with Crippen LogP contribution in [0.3, 0.4) is 0 Å². The van der Waals surface area contributed by atoms with E-state index in [2.05, 4.69) is 56.3 Å². The van der Waals surface area contributed by atoms with Gasteiger partial charge in [0.05, 0.1) is 11.7 Å². The molecule has 2 rings (SSSR count). The second-order valence-electron chi connectivity index (χ2n) is 5.71. The predicted octanol–water partition coefficient (Wildman–Crippen LogP) is 3.80. The van der Waals surface area contributed by atoms with E-state index in [4.69, 9.17) is 5.73 Å². The van der Waals surface area contributed by atoms with Gasteiger partial charge in [-0.15, -0.1) is 11.3 Å². The minimum absolute atomic E-state index is 0.0844. The van der Waals surface area contributed by atoms with Crippen LogP contribution in [-0.4, -0.2) is 4.98 Å². The average molecular weight is 260 g/mol. The number of nitrogens with zero attached hydrogens (tertiary/aromatic N) is 1. The van der Waals surface area contributed by atoms with E-state index in [1.54, 1.807) is 11.3 Å². The molecule has 1 unspecified atom stereocenters. The molecule has 1 heterocycles. The van der Waals surface area contributed by atoms with Gasteiger partial charge < -0.3 is 5.73 Å². The van der Waals surface area contributed by atoms with Gasteiger partial charge in [0.1, 0.15) is 5.01 Å². The van der Waals surface area contributed by atoms with Gasteiger partial charge in [-0.25, -0.2) is 4.98 Å². The molecule has 0 aliphatic rings. The summed E-state index contributed by atoms with van der Waals surface area (Å²) in [5.41, 5.74) is 9.85. The van der Waals surface area contributed by atoms with Crippen LogP contribution >= 0.6 is 11.3 Å². The number of thiazole rings is 1. The number of aryl methyl sites for hydroxylation is 1. The molecular weight excluding hydrogens is 240 g/mol. The maximum absolute atomic E-state index is 6.29. The molecule has 1 aromatic carbocycles. The van der Waals surface area contributed by atoms with Crippen LogP contribution in [0.4, 0.5) is 0 Å². The van der Waals surface area contributed by atoms with Crippen LogP contribution in [0, 0.1) is 6.92 Å². The minimum atomic E-state index is -0.119. The van der Waals surface area contributed by atoms with Gasteiger partial charge in [0.25, 0.3) is 0 Å². The van der Waals surface area contributed by atoms with E-state index in [1.807, 2.05) is 6.07 Å².